The van der Waals surface area contributed by atoms with Gasteiger partial charge in [0, 0.05) is 11.9 Å². The highest BCUT2D eigenvalue weighted by Crippen LogP contribution is 2.15. The average Bonchev–Trinajstić information content (AvgIpc) is 2.41. The van der Waals surface area contributed by atoms with Crippen LogP contribution in [0.15, 0.2) is 47.6 Å². The lowest BCUT2D eigenvalue weighted by molar-refractivity contribution is 0.0696. The van der Waals surface area contributed by atoms with Gasteiger partial charge in [-0.25, -0.2) is 14.2 Å². The molecule has 1 aromatic heterocycles. The minimum absolute atomic E-state index is 0.120. The first-order valence-electron chi connectivity index (χ1n) is 5.36. The quantitative estimate of drug-likeness (QED) is 0.895. The Hall–Kier alpha value is -2.48. The van der Waals surface area contributed by atoms with Gasteiger partial charge in [-0.3, -0.25) is 4.72 Å². The van der Waals surface area contributed by atoms with Crippen molar-refractivity contribution in [3.8, 4) is 0 Å². The summed E-state index contributed by atoms with van der Waals surface area (Å²) in [4.78, 5) is 14.2. The third kappa shape index (κ3) is 3.09. The number of pyridine rings is 1. The molecule has 2 aromatic rings. The van der Waals surface area contributed by atoms with E-state index in [4.69, 9.17) is 5.11 Å². The second-order valence-electron chi connectivity index (χ2n) is 3.80. The van der Waals surface area contributed by atoms with Crippen molar-refractivity contribution in [3.63, 3.8) is 0 Å². The van der Waals surface area contributed by atoms with E-state index in [1.165, 1.54) is 12.1 Å². The van der Waals surface area contributed by atoms with Crippen LogP contribution in [0.3, 0.4) is 0 Å². The largest absolute Gasteiger partial charge is 0.478 e. The minimum atomic E-state index is -3.95. The van der Waals surface area contributed by atoms with Crippen LogP contribution in [0.2, 0.25) is 0 Å². The summed E-state index contributed by atoms with van der Waals surface area (Å²) in [6, 6.07) is 6.96. The van der Waals surface area contributed by atoms with Gasteiger partial charge in [-0.1, -0.05) is 0 Å². The Balaban J connectivity index is 2.26. The molecule has 0 atom stereocenters. The fourth-order valence-corrected chi connectivity index (χ4v) is 2.38. The number of hydrogen-bond donors (Lipinski definition) is 2. The van der Waals surface area contributed by atoms with Crippen LogP contribution in [0.5, 0.6) is 0 Å². The van der Waals surface area contributed by atoms with Crippen LogP contribution >= 0.6 is 0 Å². The molecule has 0 aliphatic rings. The molecule has 20 heavy (non-hydrogen) atoms. The van der Waals surface area contributed by atoms with Crippen molar-refractivity contribution in [2.75, 3.05) is 4.72 Å². The fraction of sp³-hybridized carbons (Fsp3) is 0. The van der Waals surface area contributed by atoms with E-state index in [0.717, 1.165) is 30.5 Å². The van der Waals surface area contributed by atoms with Crippen LogP contribution in [0.25, 0.3) is 0 Å². The number of carboxylic acid groups (broad SMARTS) is 1. The molecule has 1 aromatic carbocycles. The first kappa shape index (κ1) is 13.9. The molecule has 0 saturated carbocycles. The molecule has 6 nitrogen and oxygen atoms in total. The number of aromatic nitrogens is 1. The van der Waals surface area contributed by atoms with E-state index in [1.54, 1.807) is 0 Å². The van der Waals surface area contributed by atoms with E-state index >= 15 is 0 Å². The summed E-state index contributed by atoms with van der Waals surface area (Å²) in [7, 11) is -3.95. The van der Waals surface area contributed by atoms with Gasteiger partial charge in [0.15, 0.2) is 5.03 Å². The maximum Gasteiger partial charge on any atom is 0.337 e. The third-order valence-corrected chi connectivity index (χ3v) is 3.65. The van der Waals surface area contributed by atoms with Crippen molar-refractivity contribution in [1.29, 1.82) is 0 Å². The topological polar surface area (TPSA) is 96.4 Å². The molecule has 0 amide bonds. The Morgan fingerprint density at radius 1 is 1.15 bits per heavy atom. The molecule has 0 saturated heterocycles. The van der Waals surface area contributed by atoms with Crippen molar-refractivity contribution in [3.05, 3.63) is 54.0 Å². The van der Waals surface area contributed by atoms with Gasteiger partial charge in [-0.15, -0.1) is 0 Å². The Kier molecular flexibility index (Phi) is 3.66. The maximum absolute atomic E-state index is 12.7. The van der Waals surface area contributed by atoms with E-state index in [2.05, 4.69) is 9.71 Å². The zero-order chi connectivity index (χ0) is 14.8. The molecule has 1 heterocycles. The summed E-state index contributed by atoms with van der Waals surface area (Å²) in [5, 5.41) is 8.37. The van der Waals surface area contributed by atoms with Crippen molar-refractivity contribution >= 4 is 21.7 Å². The number of aromatic carboxylic acids is 1. The van der Waals surface area contributed by atoms with Crippen LogP contribution < -0.4 is 4.72 Å². The summed E-state index contributed by atoms with van der Waals surface area (Å²) in [6.07, 6.45) is 0.946. The lowest BCUT2D eigenvalue weighted by Gasteiger charge is -2.07. The van der Waals surface area contributed by atoms with Crippen molar-refractivity contribution in [2.45, 2.75) is 5.03 Å². The monoisotopic (exact) mass is 296 g/mol. The van der Waals surface area contributed by atoms with Gasteiger partial charge < -0.3 is 5.11 Å². The van der Waals surface area contributed by atoms with Crippen molar-refractivity contribution in [2.24, 2.45) is 0 Å². The number of benzene rings is 1. The van der Waals surface area contributed by atoms with Crippen LogP contribution in [0.4, 0.5) is 10.1 Å². The van der Waals surface area contributed by atoms with Crippen molar-refractivity contribution in [1.82, 2.24) is 4.98 Å². The predicted molar refractivity (Wildman–Crippen MR) is 68.4 cm³/mol. The second-order valence-corrected chi connectivity index (χ2v) is 5.43. The molecule has 2 N–H and O–H groups in total. The summed E-state index contributed by atoms with van der Waals surface area (Å²) >= 11 is 0. The Morgan fingerprint density at radius 2 is 1.80 bits per heavy atom. The van der Waals surface area contributed by atoms with E-state index < -0.39 is 21.8 Å². The molecule has 104 valence electrons. The lowest BCUT2D eigenvalue weighted by Crippen LogP contribution is -2.14. The van der Waals surface area contributed by atoms with Gasteiger partial charge in [0.1, 0.15) is 5.82 Å². The number of anilines is 1. The number of nitrogens with zero attached hydrogens (tertiary/aromatic N) is 1. The number of sulfonamides is 1. The molecule has 0 radical (unpaired) electrons. The van der Waals surface area contributed by atoms with Gasteiger partial charge >= 0.3 is 5.97 Å². The standard InChI is InChI=1S/C12H9FN2O4S/c13-9-2-4-10(5-3-9)15-20(18,19)11-6-1-8(7-14-11)12(16)17/h1-7,15H,(H,16,17). The van der Waals surface area contributed by atoms with Gasteiger partial charge in [0.05, 0.1) is 5.56 Å². The molecule has 0 unspecified atom stereocenters. The summed E-state index contributed by atoms with van der Waals surface area (Å²) < 4.78 is 38.8. The van der Waals surface area contributed by atoms with E-state index in [0.29, 0.717) is 0 Å². The normalized spacial score (nSPS) is 11.1. The molecular formula is C12H9FN2O4S. The average molecular weight is 296 g/mol. The van der Waals surface area contributed by atoms with Crippen molar-refractivity contribution < 1.29 is 22.7 Å². The summed E-state index contributed by atoms with van der Waals surface area (Å²) in [5.74, 6) is -1.69. The van der Waals surface area contributed by atoms with Gasteiger partial charge in [0.25, 0.3) is 10.0 Å². The molecule has 8 heteroatoms. The Morgan fingerprint density at radius 3 is 2.30 bits per heavy atom. The van der Waals surface area contributed by atoms with Crippen LogP contribution in [-0.2, 0) is 10.0 Å². The van der Waals surface area contributed by atoms with E-state index in [-0.39, 0.29) is 16.3 Å². The maximum atomic E-state index is 12.7. The minimum Gasteiger partial charge on any atom is -0.478 e. The molecule has 0 aliphatic heterocycles. The number of nitrogens with one attached hydrogen (secondary N) is 1. The first-order valence-corrected chi connectivity index (χ1v) is 6.84. The first-order chi connectivity index (χ1) is 9.38. The number of halogens is 1. The molecule has 2 rings (SSSR count). The second kappa shape index (κ2) is 5.25. The smallest absolute Gasteiger partial charge is 0.337 e. The zero-order valence-electron chi connectivity index (χ0n) is 9.95. The predicted octanol–water partition coefficient (Wildman–Crippen LogP) is 1.72. The zero-order valence-corrected chi connectivity index (χ0v) is 10.8. The van der Waals surface area contributed by atoms with E-state index in [9.17, 15) is 17.6 Å². The van der Waals surface area contributed by atoms with Gasteiger partial charge in [-0.05, 0) is 36.4 Å². The van der Waals surface area contributed by atoms with Gasteiger partial charge in [0.2, 0.25) is 0 Å². The highest BCUT2D eigenvalue weighted by molar-refractivity contribution is 7.92. The third-order valence-electron chi connectivity index (χ3n) is 2.36. The summed E-state index contributed by atoms with van der Waals surface area (Å²) in [5.41, 5.74) is 0.0567. The molecular weight excluding hydrogens is 287 g/mol. The molecule has 0 aliphatic carbocycles. The molecule has 0 bridgehead atoms. The van der Waals surface area contributed by atoms with Gasteiger partial charge in [-0.2, -0.15) is 8.42 Å². The summed E-state index contributed by atoms with van der Waals surface area (Å²) in [6.45, 7) is 0. The van der Waals surface area contributed by atoms with Crippen LogP contribution in [-0.4, -0.2) is 24.5 Å². The highest BCUT2D eigenvalue weighted by Gasteiger charge is 2.16. The lowest BCUT2D eigenvalue weighted by atomic mass is 10.3. The Bertz CT molecular complexity index is 727. The number of hydrogen-bond acceptors (Lipinski definition) is 4. The van der Waals surface area contributed by atoms with E-state index in [1.807, 2.05) is 0 Å². The van der Waals surface area contributed by atoms with Crippen LogP contribution in [0, 0.1) is 5.82 Å². The molecule has 0 spiro atoms. The SMILES string of the molecule is O=C(O)c1ccc(S(=O)(=O)Nc2ccc(F)cc2)nc1. The molecule has 0 fully saturated rings. The fourth-order valence-electron chi connectivity index (χ4n) is 1.39. The number of carbonyl (C=O) groups is 1. The Labute approximate surface area is 114 Å². The number of rotatable bonds is 4. The van der Waals surface area contributed by atoms with Crippen LogP contribution in [0.1, 0.15) is 10.4 Å². The highest BCUT2D eigenvalue weighted by atomic mass is 32.2. The number of carboxylic acids is 1.